The molecule has 0 aliphatic carbocycles. The van der Waals surface area contributed by atoms with Crippen molar-refractivity contribution in [1.82, 2.24) is 5.43 Å². The maximum absolute atomic E-state index is 11.3. The monoisotopic (exact) mass is 295 g/mol. The minimum Gasteiger partial charge on any atom is -0.361 e. The second-order valence-corrected chi connectivity index (χ2v) is 4.81. The van der Waals surface area contributed by atoms with Crippen LogP contribution in [0, 0.1) is 0 Å². The van der Waals surface area contributed by atoms with E-state index in [2.05, 4.69) is 10.5 Å². The Kier molecular flexibility index (Phi) is 5.43. The quantitative estimate of drug-likeness (QED) is 0.497. The van der Waals surface area contributed by atoms with E-state index in [9.17, 15) is 9.59 Å². The zero-order valence-corrected chi connectivity index (χ0v) is 12.0. The predicted octanol–water partition coefficient (Wildman–Crippen LogP) is 1.43. The summed E-state index contributed by atoms with van der Waals surface area (Å²) in [5.41, 5.74) is 10.00. The van der Waals surface area contributed by atoms with Gasteiger partial charge in [-0.05, 0) is 11.1 Å². The van der Waals surface area contributed by atoms with Crippen LogP contribution in [-0.4, -0.2) is 17.5 Å². The summed E-state index contributed by atoms with van der Waals surface area (Å²) in [5, 5.41) is 4.05. The molecule has 0 radical (unpaired) electrons. The number of benzene rings is 2. The molecule has 0 aliphatic heterocycles. The molecule has 0 fully saturated rings. The lowest BCUT2D eigenvalue weighted by Crippen LogP contribution is -2.33. The third kappa shape index (κ3) is 4.86. The van der Waals surface area contributed by atoms with E-state index in [4.69, 9.17) is 5.73 Å². The molecule has 0 aliphatic rings. The van der Waals surface area contributed by atoms with Crippen molar-refractivity contribution in [1.29, 1.82) is 0 Å². The number of hydrogen-bond acceptors (Lipinski definition) is 3. The van der Waals surface area contributed by atoms with Gasteiger partial charge in [0, 0.05) is 18.6 Å². The van der Waals surface area contributed by atoms with E-state index in [0.717, 1.165) is 16.8 Å². The molecule has 0 unspecified atom stereocenters. The fourth-order valence-electron chi connectivity index (χ4n) is 1.99. The molecule has 0 saturated carbocycles. The van der Waals surface area contributed by atoms with Gasteiger partial charge in [0.2, 0.25) is 0 Å². The number of carbonyl (C=O) groups excluding carboxylic acids is 2. The van der Waals surface area contributed by atoms with Gasteiger partial charge in [-0.25, -0.2) is 5.43 Å². The standard InChI is InChI=1S/C17H17N3O2/c18-16(21)17(22)20-19-15(11-13-7-3-1-4-8-13)12-14-9-5-2-6-10-14/h1-10H,11-12H2,(H2,18,21)(H,20,22). The molecule has 0 bridgehead atoms. The van der Waals surface area contributed by atoms with E-state index < -0.39 is 11.8 Å². The minimum absolute atomic E-state index is 0.578. The zero-order valence-electron chi connectivity index (χ0n) is 12.0. The molecule has 0 spiro atoms. The van der Waals surface area contributed by atoms with Crippen LogP contribution in [0.5, 0.6) is 0 Å². The number of rotatable bonds is 5. The number of amides is 2. The summed E-state index contributed by atoms with van der Waals surface area (Å²) in [6, 6.07) is 19.6. The van der Waals surface area contributed by atoms with Crippen LogP contribution in [0.2, 0.25) is 0 Å². The van der Waals surface area contributed by atoms with Crippen molar-refractivity contribution in [3.8, 4) is 0 Å². The average Bonchev–Trinajstić information content (AvgIpc) is 2.54. The molecule has 2 rings (SSSR count). The second kappa shape index (κ2) is 7.73. The molecule has 2 amide bonds. The Balaban J connectivity index is 2.14. The maximum Gasteiger partial charge on any atom is 0.329 e. The summed E-state index contributed by atoms with van der Waals surface area (Å²) in [7, 11) is 0. The highest BCUT2D eigenvalue weighted by Gasteiger charge is 2.09. The molecule has 0 saturated heterocycles. The van der Waals surface area contributed by atoms with Gasteiger partial charge in [0.25, 0.3) is 0 Å². The Bertz CT molecular complexity index is 623. The number of nitrogens with zero attached hydrogens (tertiary/aromatic N) is 1. The van der Waals surface area contributed by atoms with Crippen LogP contribution in [0.15, 0.2) is 65.8 Å². The number of hydrazone groups is 1. The predicted molar refractivity (Wildman–Crippen MR) is 85.1 cm³/mol. The largest absolute Gasteiger partial charge is 0.361 e. The molecule has 3 N–H and O–H groups in total. The van der Waals surface area contributed by atoms with Crippen LogP contribution < -0.4 is 11.2 Å². The molecule has 0 aromatic heterocycles. The molecule has 5 heteroatoms. The van der Waals surface area contributed by atoms with Crippen molar-refractivity contribution >= 4 is 17.5 Å². The Morgan fingerprint density at radius 2 is 1.32 bits per heavy atom. The number of hydrogen-bond donors (Lipinski definition) is 2. The van der Waals surface area contributed by atoms with Crippen LogP contribution in [0.25, 0.3) is 0 Å². The summed E-state index contributed by atoms with van der Waals surface area (Å²) < 4.78 is 0. The average molecular weight is 295 g/mol. The first-order chi connectivity index (χ1) is 10.6. The van der Waals surface area contributed by atoms with E-state index in [0.29, 0.717) is 12.8 Å². The highest BCUT2D eigenvalue weighted by molar-refractivity contribution is 6.34. The first-order valence-electron chi connectivity index (χ1n) is 6.88. The summed E-state index contributed by atoms with van der Waals surface area (Å²) >= 11 is 0. The third-order valence-corrected chi connectivity index (χ3v) is 3.04. The number of nitrogens with two attached hydrogens (primary N) is 1. The van der Waals surface area contributed by atoms with Gasteiger partial charge >= 0.3 is 11.8 Å². The van der Waals surface area contributed by atoms with Crippen LogP contribution in [0.1, 0.15) is 11.1 Å². The number of nitrogens with one attached hydrogen (secondary N) is 1. The Morgan fingerprint density at radius 3 is 1.73 bits per heavy atom. The fraction of sp³-hybridized carbons (Fsp3) is 0.118. The molecular formula is C17H17N3O2. The molecule has 2 aromatic carbocycles. The second-order valence-electron chi connectivity index (χ2n) is 4.81. The van der Waals surface area contributed by atoms with Gasteiger partial charge in [-0.15, -0.1) is 0 Å². The highest BCUT2D eigenvalue weighted by Crippen LogP contribution is 2.06. The Labute approximate surface area is 128 Å². The summed E-state index contributed by atoms with van der Waals surface area (Å²) in [6.07, 6.45) is 1.16. The third-order valence-electron chi connectivity index (χ3n) is 3.04. The lowest BCUT2D eigenvalue weighted by atomic mass is 10.0. The summed E-state index contributed by atoms with van der Waals surface area (Å²) in [4.78, 5) is 22.0. The van der Waals surface area contributed by atoms with E-state index in [1.165, 1.54) is 0 Å². The SMILES string of the molecule is NC(=O)C(=O)NN=C(Cc1ccccc1)Cc1ccccc1. The summed E-state index contributed by atoms with van der Waals surface area (Å²) in [5.74, 6) is -1.97. The highest BCUT2D eigenvalue weighted by atomic mass is 16.2. The van der Waals surface area contributed by atoms with Crippen molar-refractivity contribution in [3.05, 3.63) is 71.8 Å². The molecule has 22 heavy (non-hydrogen) atoms. The van der Waals surface area contributed by atoms with Crippen molar-refractivity contribution in [2.24, 2.45) is 10.8 Å². The van der Waals surface area contributed by atoms with Gasteiger partial charge < -0.3 is 5.73 Å². The van der Waals surface area contributed by atoms with Gasteiger partial charge in [0.05, 0.1) is 0 Å². The van der Waals surface area contributed by atoms with Crippen molar-refractivity contribution in [2.75, 3.05) is 0 Å². The van der Waals surface area contributed by atoms with E-state index in [1.807, 2.05) is 60.7 Å². The first kappa shape index (κ1) is 15.4. The molecular weight excluding hydrogens is 278 g/mol. The van der Waals surface area contributed by atoms with Crippen LogP contribution in [0.4, 0.5) is 0 Å². The van der Waals surface area contributed by atoms with E-state index >= 15 is 0 Å². The number of carbonyl (C=O) groups is 2. The smallest absolute Gasteiger partial charge is 0.329 e. The molecule has 112 valence electrons. The maximum atomic E-state index is 11.3. The van der Waals surface area contributed by atoms with Crippen molar-refractivity contribution < 1.29 is 9.59 Å². The lowest BCUT2D eigenvalue weighted by Gasteiger charge is -2.07. The van der Waals surface area contributed by atoms with E-state index in [1.54, 1.807) is 0 Å². The van der Waals surface area contributed by atoms with Gasteiger partial charge in [0.15, 0.2) is 0 Å². The van der Waals surface area contributed by atoms with Gasteiger partial charge in [0.1, 0.15) is 0 Å². The molecule has 0 heterocycles. The zero-order chi connectivity index (χ0) is 15.8. The number of primary amides is 1. The van der Waals surface area contributed by atoms with Gasteiger partial charge in [-0.2, -0.15) is 5.10 Å². The Hall–Kier alpha value is -2.95. The normalized spacial score (nSPS) is 9.82. The van der Waals surface area contributed by atoms with Crippen LogP contribution in [0.3, 0.4) is 0 Å². The topological polar surface area (TPSA) is 84.5 Å². The minimum atomic E-state index is -1.05. The van der Waals surface area contributed by atoms with Gasteiger partial charge in [-0.1, -0.05) is 60.7 Å². The Morgan fingerprint density at radius 1 is 0.864 bits per heavy atom. The van der Waals surface area contributed by atoms with Crippen LogP contribution >= 0.6 is 0 Å². The van der Waals surface area contributed by atoms with Gasteiger partial charge in [-0.3, -0.25) is 9.59 Å². The summed E-state index contributed by atoms with van der Waals surface area (Å²) in [6.45, 7) is 0. The molecule has 5 nitrogen and oxygen atoms in total. The lowest BCUT2D eigenvalue weighted by molar-refractivity contribution is -0.137. The molecule has 0 atom stereocenters. The van der Waals surface area contributed by atoms with Crippen molar-refractivity contribution in [3.63, 3.8) is 0 Å². The van der Waals surface area contributed by atoms with Crippen LogP contribution in [-0.2, 0) is 22.4 Å². The molecule has 2 aromatic rings. The van der Waals surface area contributed by atoms with Crippen molar-refractivity contribution in [2.45, 2.75) is 12.8 Å². The van der Waals surface area contributed by atoms with E-state index in [-0.39, 0.29) is 0 Å². The fourth-order valence-corrected chi connectivity index (χ4v) is 1.99. The first-order valence-corrected chi connectivity index (χ1v) is 6.88.